The van der Waals surface area contributed by atoms with Crippen molar-refractivity contribution in [2.24, 2.45) is 0 Å². The van der Waals surface area contributed by atoms with Crippen molar-refractivity contribution in [1.29, 1.82) is 0 Å². The smallest absolute Gasteiger partial charge is 0.248 e. The number of carbonyl (C=O) groups is 3. The molecule has 0 radical (unpaired) electrons. The Labute approximate surface area is 183 Å². The van der Waals surface area contributed by atoms with Gasteiger partial charge in [0.1, 0.15) is 11.9 Å². The maximum atomic E-state index is 14.2. The highest BCUT2D eigenvalue weighted by molar-refractivity contribution is 8.00. The second kappa shape index (κ2) is 9.66. The Hall–Kier alpha value is -2.32. The van der Waals surface area contributed by atoms with Crippen molar-refractivity contribution in [2.45, 2.75) is 31.7 Å². The molecule has 0 spiro atoms. The first-order valence-corrected chi connectivity index (χ1v) is 11.6. The molecule has 1 unspecified atom stereocenters. The summed E-state index contributed by atoms with van der Waals surface area (Å²) in [5.41, 5.74) is 3.22. The predicted octanol–water partition coefficient (Wildman–Crippen LogP) is 4.28. The van der Waals surface area contributed by atoms with E-state index >= 15 is 0 Å². The van der Waals surface area contributed by atoms with Crippen molar-refractivity contribution in [2.75, 3.05) is 22.7 Å². The lowest BCUT2D eigenvalue weighted by molar-refractivity contribution is -0.134. The number of nitrogens with zero attached hydrogens (tertiary/aromatic N) is 1. The summed E-state index contributed by atoms with van der Waals surface area (Å²) in [6.07, 6.45) is 0. The van der Waals surface area contributed by atoms with E-state index in [9.17, 15) is 18.8 Å². The Balaban J connectivity index is 1.61. The van der Waals surface area contributed by atoms with Crippen molar-refractivity contribution in [3.05, 3.63) is 58.9 Å². The van der Waals surface area contributed by atoms with Crippen LogP contribution < -0.4 is 5.32 Å². The number of rotatable bonds is 6. The molecule has 1 aliphatic heterocycles. The normalized spacial score (nSPS) is 15.9. The van der Waals surface area contributed by atoms with Gasteiger partial charge >= 0.3 is 0 Å². The Kier molecular flexibility index (Phi) is 7.20. The van der Waals surface area contributed by atoms with Gasteiger partial charge in [0.25, 0.3) is 0 Å². The molecule has 5 nitrogen and oxygen atoms in total. The Morgan fingerprint density at radius 1 is 1.17 bits per heavy atom. The second-order valence-electron chi connectivity index (χ2n) is 7.16. The highest BCUT2D eigenvalue weighted by atomic mass is 32.2. The number of benzene rings is 2. The first-order chi connectivity index (χ1) is 14.3. The van der Waals surface area contributed by atoms with Crippen LogP contribution in [0.25, 0.3) is 0 Å². The molecule has 1 heterocycles. The first kappa shape index (κ1) is 22.4. The molecule has 8 heteroatoms. The number of anilines is 1. The molecule has 2 aromatic rings. The average Bonchev–Trinajstić information content (AvgIpc) is 3.19. The van der Waals surface area contributed by atoms with Crippen molar-refractivity contribution < 1.29 is 18.8 Å². The largest absolute Gasteiger partial charge is 0.324 e. The number of carbonyl (C=O) groups excluding carboxylic acids is 3. The molecule has 0 aromatic heterocycles. The van der Waals surface area contributed by atoms with Crippen LogP contribution in [0, 0.1) is 19.7 Å². The van der Waals surface area contributed by atoms with Crippen molar-refractivity contribution >= 4 is 46.8 Å². The third-order valence-electron chi connectivity index (χ3n) is 4.97. The fourth-order valence-corrected chi connectivity index (χ4v) is 5.00. The van der Waals surface area contributed by atoms with E-state index in [4.69, 9.17) is 0 Å². The number of halogens is 1. The number of thioether (sulfide) groups is 2. The van der Waals surface area contributed by atoms with E-state index in [-0.39, 0.29) is 23.4 Å². The molecule has 0 saturated carbocycles. The van der Waals surface area contributed by atoms with Crippen molar-refractivity contribution in [3.8, 4) is 0 Å². The molecule has 1 N–H and O–H groups in total. The number of hydrogen-bond acceptors (Lipinski definition) is 5. The molecule has 2 aromatic carbocycles. The van der Waals surface area contributed by atoms with Gasteiger partial charge in [-0.25, -0.2) is 4.39 Å². The summed E-state index contributed by atoms with van der Waals surface area (Å²) < 4.78 is 14.2. The molecule has 3 rings (SSSR count). The minimum atomic E-state index is -0.561. The number of hydrogen-bond donors (Lipinski definition) is 1. The summed E-state index contributed by atoms with van der Waals surface area (Å²) in [5, 5.41) is 2.89. The molecule has 1 fully saturated rings. The standard InChI is InChI=1S/C22H23FN2O3S2/c1-13-4-6-17(8-14(13)2)24-22(28)19-10-29-12-25(19)21(27)11-30-20-7-5-16(15(3)26)9-18(20)23/h4-9,19H,10-12H2,1-3H3,(H,24,28). The SMILES string of the molecule is CC(=O)c1ccc(SCC(=O)N2CSCC2C(=O)Nc2ccc(C)c(C)c2)c(F)c1. The molecular formula is C22H23FN2O3S2. The van der Waals surface area contributed by atoms with Crippen molar-refractivity contribution in [3.63, 3.8) is 0 Å². The third kappa shape index (κ3) is 5.23. The Bertz CT molecular complexity index is 996. The van der Waals surface area contributed by atoms with Gasteiger partial charge < -0.3 is 10.2 Å². The van der Waals surface area contributed by atoms with Crippen LogP contribution in [-0.4, -0.2) is 45.9 Å². The van der Waals surface area contributed by atoms with Crippen LogP contribution in [0.1, 0.15) is 28.4 Å². The highest BCUT2D eigenvalue weighted by Crippen LogP contribution is 2.27. The minimum absolute atomic E-state index is 0.0182. The second-order valence-corrected chi connectivity index (χ2v) is 9.17. The average molecular weight is 447 g/mol. The van der Waals surface area contributed by atoms with E-state index in [0.717, 1.165) is 22.9 Å². The van der Waals surface area contributed by atoms with Crippen LogP contribution in [0.3, 0.4) is 0 Å². The van der Waals surface area contributed by atoms with Gasteiger partial charge in [0.2, 0.25) is 11.8 Å². The summed E-state index contributed by atoms with van der Waals surface area (Å²) in [7, 11) is 0. The molecular weight excluding hydrogens is 423 g/mol. The van der Waals surface area contributed by atoms with Crippen LogP contribution in [0.2, 0.25) is 0 Å². The van der Waals surface area contributed by atoms with Crippen LogP contribution in [0.5, 0.6) is 0 Å². The molecule has 1 atom stereocenters. The Morgan fingerprint density at radius 2 is 1.93 bits per heavy atom. The molecule has 1 aliphatic rings. The van der Waals surface area contributed by atoms with Crippen LogP contribution in [0.4, 0.5) is 10.1 Å². The topological polar surface area (TPSA) is 66.5 Å². The lowest BCUT2D eigenvalue weighted by atomic mass is 10.1. The quantitative estimate of drug-likeness (QED) is 0.530. The number of aryl methyl sites for hydroxylation is 2. The summed E-state index contributed by atoms with van der Waals surface area (Å²) in [4.78, 5) is 38.6. The maximum absolute atomic E-state index is 14.2. The van der Waals surface area contributed by atoms with E-state index in [1.165, 1.54) is 35.7 Å². The summed E-state index contributed by atoms with van der Waals surface area (Å²) in [6, 6.07) is 9.37. The molecule has 0 aliphatic carbocycles. The van der Waals surface area contributed by atoms with E-state index in [1.807, 2.05) is 32.0 Å². The van der Waals surface area contributed by atoms with Crippen LogP contribution in [0.15, 0.2) is 41.3 Å². The Morgan fingerprint density at radius 3 is 2.60 bits per heavy atom. The van der Waals surface area contributed by atoms with Gasteiger partial charge in [-0.3, -0.25) is 14.4 Å². The summed E-state index contributed by atoms with van der Waals surface area (Å²) in [5.74, 6) is -0.220. The van der Waals surface area contributed by atoms with Crippen LogP contribution in [-0.2, 0) is 9.59 Å². The fraction of sp³-hybridized carbons (Fsp3) is 0.318. The maximum Gasteiger partial charge on any atom is 0.248 e. The van der Waals surface area contributed by atoms with Gasteiger partial charge in [0, 0.05) is 21.9 Å². The molecule has 1 saturated heterocycles. The number of ketones is 1. The lowest BCUT2D eigenvalue weighted by Gasteiger charge is -2.23. The zero-order valence-electron chi connectivity index (χ0n) is 17.0. The van der Waals surface area contributed by atoms with Gasteiger partial charge in [-0.2, -0.15) is 0 Å². The zero-order chi connectivity index (χ0) is 21.8. The fourth-order valence-electron chi connectivity index (χ4n) is 3.01. The minimum Gasteiger partial charge on any atom is -0.324 e. The van der Waals surface area contributed by atoms with E-state index < -0.39 is 11.9 Å². The zero-order valence-corrected chi connectivity index (χ0v) is 18.7. The van der Waals surface area contributed by atoms with Gasteiger partial charge in [0.05, 0.1) is 11.6 Å². The number of nitrogens with one attached hydrogen (secondary N) is 1. The van der Waals surface area contributed by atoms with Gasteiger partial charge in [0.15, 0.2) is 5.78 Å². The summed E-state index contributed by atoms with van der Waals surface area (Å²) >= 11 is 2.58. The lowest BCUT2D eigenvalue weighted by Crippen LogP contribution is -2.45. The van der Waals surface area contributed by atoms with E-state index in [1.54, 1.807) is 6.07 Å². The third-order valence-corrected chi connectivity index (χ3v) is 7.01. The molecule has 30 heavy (non-hydrogen) atoms. The highest BCUT2D eigenvalue weighted by Gasteiger charge is 2.34. The molecule has 0 bridgehead atoms. The predicted molar refractivity (Wildman–Crippen MR) is 120 cm³/mol. The number of amides is 2. The van der Waals surface area contributed by atoms with Gasteiger partial charge in [-0.05, 0) is 56.2 Å². The first-order valence-electron chi connectivity index (χ1n) is 9.45. The van der Waals surface area contributed by atoms with Crippen LogP contribution >= 0.6 is 23.5 Å². The number of Topliss-reactive ketones (excluding diaryl/α,β-unsaturated/α-hetero) is 1. The van der Waals surface area contributed by atoms with E-state index in [2.05, 4.69) is 5.32 Å². The monoisotopic (exact) mass is 446 g/mol. The molecule has 158 valence electrons. The van der Waals surface area contributed by atoms with Gasteiger partial charge in [-0.15, -0.1) is 23.5 Å². The van der Waals surface area contributed by atoms with E-state index in [0.29, 0.717) is 27.8 Å². The molecule has 2 amide bonds. The summed E-state index contributed by atoms with van der Waals surface area (Å²) in [6.45, 7) is 5.36. The van der Waals surface area contributed by atoms with Crippen molar-refractivity contribution in [1.82, 2.24) is 4.90 Å². The van der Waals surface area contributed by atoms with Gasteiger partial charge in [-0.1, -0.05) is 12.1 Å².